The van der Waals surface area contributed by atoms with Crippen LogP contribution in [0.3, 0.4) is 0 Å². The smallest absolute Gasteiger partial charge is 0.326 e. The first-order valence-corrected chi connectivity index (χ1v) is 12.3. The quantitative estimate of drug-likeness (QED) is 0.263. The van der Waals surface area contributed by atoms with Crippen LogP contribution in [0, 0.1) is 5.82 Å². The van der Waals surface area contributed by atoms with Gasteiger partial charge in [0.05, 0.1) is 17.1 Å². The number of thiophene rings is 1. The monoisotopic (exact) mass is 527 g/mol. The number of carbonyl (C=O) groups is 2. The van der Waals surface area contributed by atoms with Gasteiger partial charge in [0.15, 0.2) is 0 Å². The lowest BCUT2D eigenvalue weighted by molar-refractivity contribution is -0.142. The molecule has 4 rings (SSSR count). The van der Waals surface area contributed by atoms with Crippen LogP contribution < -0.4 is 0 Å². The number of rotatable bonds is 8. The van der Waals surface area contributed by atoms with E-state index in [1.54, 1.807) is 18.2 Å². The van der Waals surface area contributed by atoms with Gasteiger partial charge in [0, 0.05) is 21.2 Å². The van der Waals surface area contributed by atoms with Crippen molar-refractivity contribution in [1.29, 1.82) is 0 Å². The molecule has 1 amide bonds. The summed E-state index contributed by atoms with van der Waals surface area (Å²) in [5.41, 5.74) is 1.66. The largest absolute Gasteiger partial charge is 0.480 e. The number of nitrogens with zero attached hydrogens (tertiary/aromatic N) is 1. The first-order chi connectivity index (χ1) is 16.8. The second kappa shape index (κ2) is 11.0. The van der Waals surface area contributed by atoms with E-state index < -0.39 is 17.9 Å². The lowest BCUT2D eigenvalue weighted by Gasteiger charge is -2.29. The molecule has 1 N–H and O–H groups in total. The van der Waals surface area contributed by atoms with Crippen molar-refractivity contribution in [3.05, 3.63) is 117 Å². The topological polar surface area (TPSA) is 57.6 Å². The normalized spacial score (nSPS) is 11.7. The molecule has 8 heteroatoms. The third-order valence-electron chi connectivity index (χ3n) is 5.45. The fraction of sp³-hybridized carbons (Fsp3) is 0.111. The number of amides is 1. The van der Waals surface area contributed by atoms with Crippen molar-refractivity contribution in [2.45, 2.75) is 19.0 Å². The van der Waals surface area contributed by atoms with Crippen LogP contribution in [-0.2, 0) is 17.8 Å². The second-order valence-corrected chi connectivity index (χ2v) is 9.89. The summed E-state index contributed by atoms with van der Waals surface area (Å²) in [5.74, 6) is -2.00. The molecule has 0 aliphatic heterocycles. The highest BCUT2D eigenvalue weighted by Gasteiger charge is 2.32. The zero-order chi connectivity index (χ0) is 24.9. The Bertz CT molecular complexity index is 1360. The maximum atomic E-state index is 13.7. The van der Waals surface area contributed by atoms with E-state index in [0.717, 1.165) is 15.3 Å². The third kappa shape index (κ3) is 6.09. The van der Waals surface area contributed by atoms with Crippen LogP contribution in [0.25, 0.3) is 10.4 Å². The van der Waals surface area contributed by atoms with Crippen LogP contribution >= 0.6 is 34.5 Å². The van der Waals surface area contributed by atoms with Gasteiger partial charge in [-0.1, -0.05) is 65.7 Å². The molecule has 4 aromatic rings. The summed E-state index contributed by atoms with van der Waals surface area (Å²) < 4.78 is 13.7. The van der Waals surface area contributed by atoms with E-state index in [0.29, 0.717) is 10.6 Å². The molecule has 1 atom stereocenters. The van der Waals surface area contributed by atoms with E-state index in [-0.39, 0.29) is 29.4 Å². The van der Waals surface area contributed by atoms with Crippen molar-refractivity contribution in [2.24, 2.45) is 0 Å². The van der Waals surface area contributed by atoms with Gasteiger partial charge in [0.25, 0.3) is 5.91 Å². The molecular weight excluding hydrogens is 508 g/mol. The van der Waals surface area contributed by atoms with Crippen molar-refractivity contribution >= 4 is 46.4 Å². The van der Waals surface area contributed by atoms with Gasteiger partial charge >= 0.3 is 5.97 Å². The summed E-state index contributed by atoms with van der Waals surface area (Å²) in [5, 5.41) is 10.6. The minimum absolute atomic E-state index is 0.0432. The van der Waals surface area contributed by atoms with Gasteiger partial charge in [0.1, 0.15) is 11.9 Å². The molecule has 35 heavy (non-hydrogen) atoms. The number of carboxylic acid groups (broad SMARTS) is 1. The van der Waals surface area contributed by atoms with Crippen molar-refractivity contribution in [3.63, 3.8) is 0 Å². The Morgan fingerprint density at radius 1 is 0.943 bits per heavy atom. The molecule has 3 aromatic carbocycles. The number of benzene rings is 3. The molecule has 0 spiro atoms. The summed E-state index contributed by atoms with van der Waals surface area (Å²) in [7, 11) is 0. The van der Waals surface area contributed by atoms with Crippen LogP contribution in [0.4, 0.5) is 4.39 Å². The van der Waals surface area contributed by atoms with Gasteiger partial charge in [0.2, 0.25) is 0 Å². The van der Waals surface area contributed by atoms with E-state index in [9.17, 15) is 19.1 Å². The third-order valence-corrected chi connectivity index (χ3v) is 7.12. The van der Waals surface area contributed by atoms with Gasteiger partial charge in [-0.05, 0) is 53.6 Å². The van der Waals surface area contributed by atoms with Crippen molar-refractivity contribution in [2.75, 3.05) is 0 Å². The highest BCUT2D eigenvalue weighted by molar-refractivity contribution is 7.15. The van der Waals surface area contributed by atoms with Crippen molar-refractivity contribution < 1.29 is 19.1 Å². The second-order valence-electron chi connectivity index (χ2n) is 7.88. The number of hydrogen-bond donors (Lipinski definition) is 1. The molecule has 0 saturated carbocycles. The van der Waals surface area contributed by atoms with Gasteiger partial charge in [-0.15, -0.1) is 11.3 Å². The summed E-state index contributed by atoms with van der Waals surface area (Å²) >= 11 is 13.7. The van der Waals surface area contributed by atoms with Crippen LogP contribution in [-0.4, -0.2) is 27.9 Å². The molecule has 4 nitrogen and oxygen atoms in total. The number of carboxylic acids is 1. The zero-order valence-electron chi connectivity index (χ0n) is 18.3. The van der Waals surface area contributed by atoms with Crippen LogP contribution in [0.2, 0.25) is 10.0 Å². The molecule has 1 heterocycles. The van der Waals surface area contributed by atoms with Crippen LogP contribution in [0.5, 0.6) is 0 Å². The minimum atomic E-state index is -1.14. The predicted molar refractivity (Wildman–Crippen MR) is 138 cm³/mol. The average Bonchev–Trinajstić information content (AvgIpc) is 3.30. The zero-order valence-corrected chi connectivity index (χ0v) is 20.7. The molecule has 1 unspecified atom stereocenters. The maximum absolute atomic E-state index is 13.7. The van der Waals surface area contributed by atoms with Crippen LogP contribution in [0.1, 0.15) is 20.8 Å². The Morgan fingerprint density at radius 2 is 1.71 bits per heavy atom. The number of hydrogen-bond acceptors (Lipinski definition) is 3. The fourth-order valence-electron chi connectivity index (χ4n) is 3.74. The molecule has 1 aromatic heterocycles. The summed E-state index contributed by atoms with van der Waals surface area (Å²) in [6.07, 6.45) is 0.120. The SMILES string of the molecule is O=C(O)C(Cc1ccccc1)N(Cc1ccc(-c2cccc(F)c2)s1)C(=O)c1ccc(Cl)cc1Cl. The van der Waals surface area contributed by atoms with Crippen molar-refractivity contribution in [3.8, 4) is 10.4 Å². The first kappa shape index (κ1) is 24.9. The molecular formula is C27H20Cl2FNO3S. The lowest BCUT2D eigenvalue weighted by atomic mass is 10.0. The van der Waals surface area contributed by atoms with E-state index >= 15 is 0 Å². The van der Waals surface area contributed by atoms with Gasteiger partial charge in [-0.25, -0.2) is 9.18 Å². The molecule has 178 valence electrons. The summed E-state index contributed by atoms with van der Waals surface area (Å²) in [6.45, 7) is 0.0432. The van der Waals surface area contributed by atoms with E-state index in [4.69, 9.17) is 23.2 Å². The van der Waals surface area contributed by atoms with Gasteiger partial charge in [-0.3, -0.25) is 4.79 Å². The summed E-state index contributed by atoms with van der Waals surface area (Å²) in [4.78, 5) is 28.9. The number of aliphatic carboxylic acids is 1. The van der Waals surface area contributed by atoms with E-state index in [2.05, 4.69) is 0 Å². The average molecular weight is 528 g/mol. The van der Waals surface area contributed by atoms with Crippen LogP contribution in [0.15, 0.2) is 84.9 Å². The Morgan fingerprint density at radius 3 is 2.40 bits per heavy atom. The Balaban J connectivity index is 1.70. The number of carbonyl (C=O) groups excluding carboxylic acids is 1. The molecule has 0 bridgehead atoms. The van der Waals surface area contributed by atoms with E-state index in [1.165, 1.54) is 40.5 Å². The standard InChI is InChI=1S/C27H20Cl2FNO3S/c28-19-9-11-22(23(29)15-19)26(32)31(24(27(33)34)13-17-5-2-1-3-6-17)16-21-10-12-25(35-21)18-7-4-8-20(30)14-18/h1-12,14-15,24H,13,16H2,(H,33,34). The molecule has 0 radical (unpaired) electrons. The predicted octanol–water partition coefficient (Wildman–Crippen LogP) is 7.20. The number of halogens is 3. The van der Waals surface area contributed by atoms with Gasteiger partial charge < -0.3 is 10.0 Å². The molecule has 0 fully saturated rings. The molecule has 0 aliphatic rings. The summed E-state index contributed by atoms with van der Waals surface area (Å²) in [6, 6.07) is 22.3. The lowest BCUT2D eigenvalue weighted by Crippen LogP contribution is -2.46. The van der Waals surface area contributed by atoms with Gasteiger partial charge in [-0.2, -0.15) is 0 Å². The van der Waals surface area contributed by atoms with E-state index in [1.807, 2.05) is 42.5 Å². The highest BCUT2D eigenvalue weighted by Crippen LogP contribution is 2.31. The fourth-order valence-corrected chi connectivity index (χ4v) is 5.23. The minimum Gasteiger partial charge on any atom is -0.480 e. The Hall–Kier alpha value is -3.19. The Labute approximate surface area is 216 Å². The Kier molecular flexibility index (Phi) is 7.86. The molecule has 0 aliphatic carbocycles. The highest BCUT2D eigenvalue weighted by atomic mass is 35.5. The maximum Gasteiger partial charge on any atom is 0.326 e. The first-order valence-electron chi connectivity index (χ1n) is 10.7. The molecule has 0 saturated heterocycles. The van der Waals surface area contributed by atoms with Crippen molar-refractivity contribution in [1.82, 2.24) is 4.90 Å².